The zero-order valence-corrected chi connectivity index (χ0v) is 21.4. The van der Waals surface area contributed by atoms with Crippen LogP contribution in [0.1, 0.15) is 24.4 Å². The Balaban J connectivity index is 0.00000289. The second-order valence-corrected chi connectivity index (χ2v) is 8.12. The number of halogens is 1. The number of hydrogen-bond donors (Lipinski definition) is 1. The smallest absolute Gasteiger partial charge is 0.193 e. The van der Waals surface area contributed by atoms with Gasteiger partial charge in [0.2, 0.25) is 0 Å². The van der Waals surface area contributed by atoms with Crippen LogP contribution in [-0.2, 0) is 0 Å². The van der Waals surface area contributed by atoms with Crippen LogP contribution in [0.5, 0.6) is 5.75 Å². The first-order chi connectivity index (χ1) is 15.3. The van der Waals surface area contributed by atoms with Crippen LogP contribution in [-0.4, -0.2) is 80.7 Å². The molecule has 32 heavy (non-hydrogen) atoms. The molecular formula is C24H35IN6O. The highest BCUT2D eigenvalue weighted by molar-refractivity contribution is 14.0. The molecule has 2 fully saturated rings. The summed E-state index contributed by atoms with van der Waals surface area (Å²) in [6, 6.07) is 14.9. The van der Waals surface area contributed by atoms with Crippen LogP contribution in [0.4, 0.5) is 5.82 Å². The summed E-state index contributed by atoms with van der Waals surface area (Å²) in [5.74, 6) is 2.94. The molecule has 0 saturated carbocycles. The third kappa shape index (κ3) is 6.04. The number of nitrogens with zero attached hydrogens (tertiary/aromatic N) is 5. The minimum Gasteiger partial charge on any atom is -0.497 e. The summed E-state index contributed by atoms with van der Waals surface area (Å²) >= 11 is 0. The molecule has 0 aliphatic carbocycles. The molecule has 8 heteroatoms. The fourth-order valence-electron chi connectivity index (χ4n) is 4.55. The highest BCUT2D eigenvalue weighted by Gasteiger charge is 2.25. The summed E-state index contributed by atoms with van der Waals surface area (Å²) in [6.07, 6.45) is 4.41. The van der Waals surface area contributed by atoms with E-state index in [1.165, 1.54) is 18.4 Å². The van der Waals surface area contributed by atoms with Crippen molar-refractivity contribution >= 4 is 35.8 Å². The molecule has 2 aliphatic rings. The number of aliphatic imine (C=N–C) groups is 1. The lowest BCUT2D eigenvalue weighted by atomic mass is 10.1. The first-order valence-electron chi connectivity index (χ1n) is 11.3. The Morgan fingerprint density at radius 2 is 1.75 bits per heavy atom. The van der Waals surface area contributed by atoms with Gasteiger partial charge in [-0.15, -0.1) is 24.0 Å². The van der Waals surface area contributed by atoms with Gasteiger partial charge in [-0.05, 0) is 55.8 Å². The van der Waals surface area contributed by atoms with E-state index in [0.717, 1.165) is 63.3 Å². The van der Waals surface area contributed by atoms with E-state index in [1.54, 1.807) is 7.11 Å². The van der Waals surface area contributed by atoms with Crippen molar-refractivity contribution in [2.75, 3.05) is 64.9 Å². The Kier molecular flexibility index (Phi) is 9.40. The number of methoxy groups -OCH3 is 1. The van der Waals surface area contributed by atoms with Gasteiger partial charge in [-0.25, -0.2) is 4.98 Å². The number of anilines is 1. The van der Waals surface area contributed by atoms with Gasteiger partial charge < -0.3 is 19.9 Å². The lowest BCUT2D eigenvalue weighted by Crippen LogP contribution is -2.53. The van der Waals surface area contributed by atoms with Gasteiger partial charge >= 0.3 is 0 Å². The second kappa shape index (κ2) is 12.2. The van der Waals surface area contributed by atoms with E-state index >= 15 is 0 Å². The summed E-state index contributed by atoms with van der Waals surface area (Å²) in [5.41, 5.74) is 1.32. The number of guanidine groups is 1. The van der Waals surface area contributed by atoms with Crippen molar-refractivity contribution in [3.63, 3.8) is 0 Å². The largest absolute Gasteiger partial charge is 0.497 e. The summed E-state index contributed by atoms with van der Waals surface area (Å²) in [6.45, 7) is 6.93. The number of hydrogen-bond acceptors (Lipinski definition) is 5. The summed E-state index contributed by atoms with van der Waals surface area (Å²) in [4.78, 5) is 16.4. The number of likely N-dealkylation sites (tertiary alicyclic amines) is 1. The van der Waals surface area contributed by atoms with Crippen molar-refractivity contribution in [3.8, 4) is 5.75 Å². The first kappa shape index (κ1) is 24.6. The summed E-state index contributed by atoms with van der Waals surface area (Å²) in [7, 11) is 3.60. The van der Waals surface area contributed by atoms with Crippen LogP contribution < -0.4 is 15.0 Å². The number of pyridine rings is 1. The third-order valence-corrected chi connectivity index (χ3v) is 6.30. The molecule has 4 rings (SSSR count). The van der Waals surface area contributed by atoms with Gasteiger partial charge in [-0.2, -0.15) is 0 Å². The van der Waals surface area contributed by atoms with Crippen LogP contribution in [0.15, 0.2) is 53.7 Å². The van der Waals surface area contributed by atoms with E-state index in [4.69, 9.17) is 4.74 Å². The Morgan fingerprint density at radius 3 is 2.34 bits per heavy atom. The molecular weight excluding hydrogens is 515 g/mol. The fraction of sp³-hybridized carbons (Fsp3) is 0.500. The molecule has 0 amide bonds. The lowest BCUT2D eigenvalue weighted by molar-refractivity contribution is 0.242. The minimum absolute atomic E-state index is 0. The fourth-order valence-corrected chi connectivity index (χ4v) is 4.55. The normalized spacial score (nSPS) is 18.2. The summed E-state index contributed by atoms with van der Waals surface area (Å²) in [5, 5.41) is 3.67. The standard InChI is InChI=1S/C24H34N6O.HI/c1-25-24(30-17-15-29(16-18-30)23-7-3-4-12-26-23)27-19-22(28-13-5-6-14-28)20-8-10-21(31-2)11-9-20;/h3-4,7-12,22H,5-6,13-19H2,1-2H3,(H,25,27);1H. The predicted octanol–water partition coefficient (Wildman–Crippen LogP) is 3.24. The Hall–Kier alpha value is -2.07. The van der Waals surface area contributed by atoms with E-state index < -0.39 is 0 Å². The average Bonchev–Trinajstić information content (AvgIpc) is 3.37. The minimum atomic E-state index is 0. The van der Waals surface area contributed by atoms with Crippen molar-refractivity contribution in [2.24, 2.45) is 4.99 Å². The number of benzene rings is 1. The van der Waals surface area contributed by atoms with Gasteiger partial charge in [0.25, 0.3) is 0 Å². The molecule has 1 unspecified atom stereocenters. The van der Waals surface area contributed by atoms with Gasteiger partial charge in [-0.1, -0.05) is 18.2 Å². The first-order valence-corrected chi connectivity index (χ1v) is 11.3. The topological polar surface area (TPSA) is 56.2 Å². The molecule has 0 spiro atoms. The molecule has 0 bridgehead atoms. The highest BCUT2D eigenvalue weighted by Crippen LogP contribution is 2.26. The van der Waals surface area contributed by atoms with Crippen molar-refractivity contribution in [1.29, 1.82) is 0 Å². The molecule has 0 radical (unpaired) electrons. The number of piperazine rings is 1. The van der Waals surface area contributed by atoms with E-state index in [-0.39, 0.29) is 24.0 Å². The molecule has 1 aromatic heterocycles. The van der Waals surface area contributed by atoms with Gasteiger partial charge in [0.05, 0.1) is 13.2 Å². The number of aromatic nitrogens is 1. The Bertz CT molecular complexity index is 833. The zero-order valence-electron chi connectivity index (χ0n) is 19.1. The van der Waals surface area contributed by atoms with Gasteiger partial charge in [0, 0.05) is 46.0 Å². The molecule has 7 nitrogen and oxygen atoms in total. The third-order valence-electron chi connectivity index (χ3n) is 6.30. The maximum Gasteiger partial charge on any atom is 0.193 e. The molecule has 2 saturated heterocycles. The molecule has 1 aromatic carbocycles. The van der Waals surface area contributed by atoms with Gasteiger partial charge in [0.1, 0.15) is 11.6 Å². The van der Waals surface area contributed by atoms with E-state index in [0.29, 0.717) is 6.04 Å². The van der Waals surface area contributed by atoms with E-state index in [1.807, 2.05) is 25.4 Å². The van der Waals surface area contributed by atoms with E-state index in [2.05, 4.69) is 60.3 Å². The van der Waals surface area contributed by atoms with Crippen LogP contribution in [0.2, 0.25) is 0 Å². The second-order valence-electron chi connectivity index (χ2n) is 8.12. The maximum absolute atomic E-state index is 5.35. The van der Waals surface area contributed by atoms with Crippen molar-refractivity contribution in [3.05, 3.63) is 54.2 Å². The van der Waals surface area contributed by atoms with Crippen molar-refractivity contribution in [2.45, 2.75) is 18.9 Å². The highest BCUT2D eigenvalue weighted by atomic mass is 127. The number of nitrogens with one attached hydrogen (secondary N) is 1. The van der Waals surface area contributed by atoms with Crippen LogP contribution in [0, 0.1) is 0 Å². The Labute approximate surface area is 208 Å². The molecule has 1 atom stereocenters. The number of ether oxygens (including phenoxy) is 1. The zero-order chi connectivity index (χ0) is 21.5. The SMILES string of the molecule is CN=C(NCC(c1ccc(OC)cc1)N1CCCC1)N1CCN(c2ccccn2)CC1.I. The predicted molar refractivity (Wildman–Crippen MR) is 141 cm³/mol. The van der Waals surface area contributed by atoms with E-state index in [9.17, 15) is 0 Å². The quantitative estimate of drug-likeness (QED) is 0.339. The molecule has 1 N–H and O–H groups in total. The van der Waals surface area contributed by atoms with Gasteiger partial charge in [-0.3, -0.25) is 9.89 Å². The van der Waals surface area contributed by atoms with Crippen molar-refractivity contribution < 1.29 is 4.74 Å². The Morgan fingerprint density at radius 1 is 1.03 bits per heavy atom. The molecule has 3 heterocycles. The average molecular weight is 550 g/mol. The maximum atomic E-state index is 5.35. The lowest BCUT2D eigenvalue weighted by Gasteiger charge is -2.38. The van der Waals surface area contributed by atoms with Crippen LogP contribution in [0.25, 0.3) is 0 Å². The molecule has 2 aromatic rings. The van der Waals surface area contributed by atoms with Crippen LogP contribution >= 0.6 is 24.0 Å². The van der Waals surface area contributed by atoms with Crippen molar-refractivity contribution in [1.82, 2.24) is 20.1 Å². The molecule has 2 aliphatic heterocycles. The number of rotatable bonds is 6. The van der Waals surface area contributed by atoms with Crippen LogP contribution in [0.3, 0.4) is 0 Å². The van der Waals surface area contributed by atoms with Gasteiger partial charge in [0.15, 0.2) is 5.96 Å². The monoisotopic (exact) mass is 550 g/mol. The molecule has 174 valence electrons. The summed E-state index contributed by atoms with van der Waals surface area (Å²) < 4.78 is 5.35.